The summed E-state index contributed by atoms with van der Waals surface area (Å²) in [5.74, 6) is -0.548. The molecule has 1 amide bonds. The number of rotatable bonds is 4. The molecule has 1 N–H and O–H groups in total. The van der Waals surface area contributed by atoms with Gasteiger partial charge in [-0.25, -0.2) is 0 Å². The van der Waals surface area contributed by atoms with Crippen LogP contribution in [0.15, 0.2) is 55.0 Å². The van der Waals surface area contributed by atoms with Gasteiger partial charge in [-0.1, -0.05) is 12.1 Å². The standard InChI is InChI=1S/C19H14F6N4O/c1-11(14-6-5-12(18(20,21)22)8-15(14)19(23,24)25)29-10-13(9-27-29)28-17(30)16-4-2-3-7-26-16/h2-11H,1H3,(H,28,30). The van der Waals surface area contributed by atoms with Gasteiger partial charge in [0.2, 0.25) is 0 Å². The van der Waals surface area contributed by atoms with E-state index in [1.807, 2.05) is 0 Å². The second kappa shape index (κ2) is 7.81. The van der Waals surface area contributed by atoms with Crippen molar-refractivity contribution in [2.75, 3.05) is 5.32 Å². The summed E-state index contributed by atoms with van der Waals surface area (Å²) in [5.41, 5.74) is -2.87. The molecular weight excluding hydrogens is 414 g/mol. The van der Waals surface area contributed by atoms with E-state index in [9.17, 15) is 31.1 Å². The van der Waals surface area contributed by atoms with E-state index in [4.69, 9.17) is 0 Å². The maximum atomic E-state index is 13.4. The molecule has 0 aliphatic heterocycles. The zero-order chi connectivity index (χ0) is 22.1. The van der Waals surface area contributed by atoms with Crippen molar-refractivity contribution in [3.05, 3.63) is 77.4 Å². The summed E-state index contributed by atoms with van der Waals surface area (Å²) in [6, 6.07) is 5.11. The molecule has 0 aliphatic rings. The van der Waals surface area contributed by atoms with Crippen LogP contribution in [0, 0.1) is 0 Å². The first kappa shape index (κ1) is 21.3. The Morgan fingerprint density at radius 3 is 2.40 bits per heavy atom. The molecule has 0 spiro atoms. The normalized spacial score (nSPS) is 13.2. The van der Waals surface area contributed by atoms with E-state index < -0.39 is 35.4 Å². The lowest BCUT2D eigenvalue weighted by Gasteiger charge is -2.20. The number of hydrogen-bond donors (Lipinski definition) is 1. The molecule has 2 heterocycles. The highest BCUT2D eigenvalue weighted by Crippen LogP contribution is 2.39. The number of carbonyl (C=O) groups excluding carboxylic acids is 1. The number of aromatic nitrogens is 3. The average molecular weight is 428 g/mol. The molecule has 2 aromatic heterocycles. The molecule has 1 unspecified atom stereocenters. The SMILES string of the molecule is CC(c1ccc(C(F)(F)F)cc1C(F)(F)F)n1cc(NC(=O)c2ccccn2)cn1. The highest BCUT2D eigenvalue weighted by molar-refractivity contribution is 6.02. The summed E-state index contributed by atoms with van der Waals surface area (Å²) >= 11 is 0. The van der Waals surface area contributed by atoms with Crippen LogP contribution in [0.5, 0.6) is 0 Å². The van der Waals surface area contributed by atoms with Crippen molar-refractivity contribution < 1.29 is 31.1 Å². The topological polar surface area (TPSA) is 59.8 Å². The van der Waals surface area contributed by atoms with Crippen molar-refractivity contribution in [3.8, 4) is 0 Å². The summed E-state index contributed by atoms with van der Waals surface area (Å²) in [6.07, 6.45) is -5.98. The van der Waals surface area contributed by atoms with Crippen LogP contribution in [0.1, 0.15) is 40.1 Å². The van der Waals surface area contributed by atoms with E-state index in [1.165, 1.54) is 31.6 Å². The Morgan fingerprint density at radius 2 is 1.80 bits per heavy atom. The van der Waals surface area contributed by atoms with E-state index in [1.54, 1.807) is 12.1 Å². The van der Waals surface area contributed by atoms with Crippen molar-refractivity contribution in [1.82, 2.24) is 14.8 Å². The molecule has 5 nitrogen and oxygen atoms in total. The first-order chi connectivity index (χ1) is 14.0. The molecule has 30 heavy (non-hydrogen) atoms. The number of anilines is 1. The van der Waals surface area contributed by atoms with E-state index >= 15 is 0 Å². The van der Waals surface area contributed by atoms with E-state index in [-0.39, 0.29) is 23.0 Å². The maximum absolute atomic E-state index is 13.4. The summed E-state index contributed by atoms with van der Waals surface area (Å²) in [4.78, 5) is 16.0. The van der Waals surface area contributed by atoms with Gasteiger partial charge in [0.25, 0.3) is 5.91 Å². The number of benzene rings is 1. The van der Waals surface area contributed by atoms with Crippen LogP contribution in [-0.4, -0.2) is 20.7 Å². The predicted octanol–water partition coefficient (Wildman–Crippen LogP) is 5.18. The average Bonchev–Trinajstić information content (AvgIpc) is 3.14. The van der Waals surface area contributed by atoms with Crippen LogP contribution < -0.4 is 5.32 Å². The molecule has 0 fully saturated rings. The Labute approximate surface area is 166 Å². The van der Waals surface area contributed by atoms with Gasteiger partial charge in [-0.05, 0) is 36.8 Å². The van der Waals surface area contributed by atoms with Crippen LogP contribution in [-0.2, 0) is 12.4 Å². The van der Waals surface area contributed by atoms with Gasteiger partial charge < -0.3 is 5.32 Å². The molecule has 0 bridgehead atoms. The van der Waals surface area contributed by atoms with E-state index in [2.05, 4.69) is 15.4 Å². The number of halogens is 6. The lowest BCUT2D eigenvalue weighted by atomic mass is 9.98. The van der Waals surface area contributed by atoms with Gasteiger partial charge in [0.1, 0.15) is 5.69 Å². The Bertz CT molecular complexity index is 1040. The first-order valence-corrected chi connectivity index (χ1v) is 8.51. The summed E-state index contributed by atoms with van der Waals surface area (Å²) in [5, 5.41) is 6.43. The lowest BCUT2D eigenvalue weighted by Crippen LogP contribution is -2.18. The van der Waals surface area contributed by atoms with Crippen molar-refractivity contribution in [1.29, 1.82) is 0 Å². The summed E-state index contributed by atoms with van der Waals surface area (Å²) in [6.45, 7) is 1.36. The maximum Gasteiger partial charge on any atom is 0.416 e. The van der Waals surface area contributed by atoms with Crippen LogP contribution in [0.2, 0.25) is 0 Å². The molecule has 0 aliphatic carbocycles. The van der Waals surface area contributed by atoms with Gasteiger partial charge in [0.15, 0.2) is 0 Å². The number of carbonyl (C=O) groups is 1. The molecule has 0 saturated carbocycles. The third kappa shape index (κ3) is 4.61. The zero-order valence-electron chi connectivity index (χ0n) is 15.3. The molecule has 11 heteroatoms. The van der Waals surface area contributed by atoms with E-state index in [0.717, 1.165) is 10.7 Å². The number of pyridine rings is 1. The fourth-order valence-corrected chi connectivity index (χ4v) is 2.79. The Kier molecular flexibility index (Phi) is 5.55. The Balaban J connectivity index is 1.88. The molecule has 3 rings (SSSR count). The van der Waals surface area contributed by atoms with E-state index in [0.29, 0.717) is 6.07 Å². The number of hydrogen-bond acceptors (Lipinski definition) is 3. The van der Waals surface area contributed by atoms with Gasteiger partial charge >= 0.3 is 12.4 Å². The third-order valence-corrected chi connectivity index (χ3v) is 4.29. The van der Waals surface area contributed by atoms with Gasteiger partial charge in [-0.3, -0.25) is 14.5 Å². The zero-order valence-corrected chi connectivity index (χ0v) is 15.3. The Morgan fingerprint density at radius 1 is 1.07 bits per heavy atom. The number of amides is 1. The minimum atomic E-state index is -4.99. The van der Waals surface area contributed by atoms with Crippen LogP contribution in [0.4, 0.5) is 32.0 Å². The molecular formula is C19H14F6N4O. The van der Waals surface area contributed by atoms with Gasteiger partial charge in [-0.2, -0.15) is 31.4 Å². The van der Waals surface area contributed by atoms with Crippen molar-refractivity contribution in [2.45, 2.75) is 25.3 Å². The minimum Gasteiger partial charge on any atom is -0.318 e. The monoisotopic (exact) mass is 428 g/mol. The number of nitrogens with one attached hydrogen (secondary N) is 1. The fourth-order valence-electron chi connectivity index (χ4n) is 2.79. The molecule has 1 aromatic carbocycles. The first-order valence-electron chi connectivity index (χ1n) is 8.51. The molecule has 3 aromatic rings. The summed E-state index contributed by atoms with van der Waals surface area (Å²) < 4.78 is 79.8. The van der Waals surface area contributed by atoms with Crippen molar-refractivity contribution in [2.24, 2.45) is 0 Å². The van der Waals surface area contributed by atoms with Crippen LogP contribution in [0.25, 0.3) is 0 Å². The number of nitrogens with zero attached hydrogens (tertiary/aromatic N) is 3. The molecule has 0 saturated heterocycles. The van der Waals surface area contributed by atoms with Gasteiger partial charge in [0.05, 0.1) is 29.1 Å². The second-order valence-corrected chi connectivity index (χ2v) is 6.35. The predicted molar refractivity (Wildman–Crippen MR) is 94.7 cm³/mol. The molecule has 0 radical (unpaired) electrons. The largest absolute Gasteiger partial charge is 0.416 e. The third-order valence-electron chi connectivity index (χ3n) is 4.29. The molecule has 1 atom stereocenters. The number of alkyl halides is 6. The van der Waals surface area contributed by atoms with Crippen LogP contribution >= 0.6 is 0 Å². The highest BCUT2D eigenvalue weighted by atomic mass is 19.4. The Hall–Kier alpha value is -3.37. The quantitative estimate of drug-likeness (QED) is 0.583. The van der Waals surface area contributed by atoms with Gasteiger partial charge in [-0.15, -0.1) is 0 Å². The minimum absolute atomic E-state index is 0.0824. The smallest absolute Gasteiger partial charge is 0.318 e. The summed E-state index contributed by atoms with van der Waals surface area (Å²) in [7, 11) is 0. The van der Waals surface area contributed by atoms with Gasteiger partial charge in [0, 0.05) is 12.4 Å². The van der Waals surface area contributed by atoms with Crippen molar-refractivity contribution in [3.63, 3.8) is 0 Å². The second-order valence-electron chi connectivity index (χ2n) is 6.35. The van der Waals surface area contributed by atoms with Crippen LogP contribution in [0.3, 0.4) is 0 Å². The lowest BCUT2D eigenvalue weighted by molar-refractivity contribution is -0.143. The molecule has 158 valence electrons. The highest BCUT2D eigenvalue weighted by Gasteiger charge is 2.39. The fraction of sp³-hybridized carbons (Fsp3) is 0.211. The van der Waals surface area contributed by atoms with Crippen molar-refractivity contribution >= 4 is 11.6 Å².